The van der Waals surface area contributed by atoms with E-state index in [1.54, 1.807) is 0 Å². The molecule has 6 nitrogen and oxygen atoms in total. The highest BCUT2D eigenvalue weighted by Crippen LogP contribution is 2.26. The molecule has 1 aromatic heterocycles. The minimum absolute atomic E-state index is 0.334. The summed E-state index contributed by atoms with van der Waals surface area (Å²) in [6.07, 6.45) is -4.52. The number of alkyl halides is 4. The minimum atomic E-state index is -5.09. The molecule has 0 saturated carbocycles. The van der Waals surface area contributed by atoms with Crippen LogP contribution in [0.25, 0.3) is 0 Å². The maximum Gasteiger partial charge on any atom is 0.404 e. The Balaban J connectivity index is 2.44. The number of hydrogen-bond donors (Lipinski definition) is 2. The second kappa shape index (κ2) is 8.63. The molecule has 166 valence electrons. The molecule has 14 heteroatoms. The molecule has 1 heterocycles. The first-order chi connectivity index (χ1) is 13.8. The highest BCUT2D eigenvalue weighted by Gasteiger charge is 2.40. The number of hydrogen-bond acceptors (Lipinski definition) is 3. The predicted octanol–water partition coefficient (Wildman–Crippen LogP) is 3.36. The average molecular weight is 461 g/mol. The molecule has 1 amide bonds. The van der Waals surface area contributed by atoms with Gasteiger partial charge in [0.1, 0.15) is 23.3 Å². The van der Waals surface area contributed by atoms with E-state index in [0.717, 1.165) is 6.07 Å². The van der Waals surface area contributed by atoms with Crippen LogP contribution < -0.4 is 10.0 Å². The van der Waals surface area contributed by atoms with Crippen LogP contribution in [0.15, 0.2) is 29.3 Å². The number of carbonyl (C=O) groups excluding carboxylic acids is 1. The Morgan fingerprint density at radius 2 is 1.80 bits per heavy atom. The van der Waals surface area contributed by atoms with Crippen molar-refractivity contribution in [1.82, 2.24) is 9.29 Å². The lowest BCUT2D eigenvalue weighted by molar-refractivity contribution is -0.147. The van der Waals surface area contributed by atoms with Crippen LogP contribution in [0.3, 0.4) is 0 Å². The molecule has 2 N–H and O–H groups in total. The number of nitrogens with one attached hydrogen (secondary N) is 2. The Labute approximate surface area is 165 Å². The monoisotopic (exact) mass is 461 g/mol. The van der Waals surface area contributed by atoms with E-state index in [0.29, 0.717) is 29.8 Å². The molecule has 0 fully saturated rings. The molecular weight excluding hydrogens is 447 g/mol. The normalized spacial score (nSPS) is 13.3. The molecule has 1 aromatic carbocycles. The van der Waals surface area contributed by atoms with Gasteiger partial charge in [-0.2, -0.15) is 17.9 Å². The molecule has 0 aliphatic rings. The van der Waals surface area contributed by atoms with Crippen molar-refractivity contribution in [3.63, 3.8) is 0 Å². The number of halogens is 7. The molecule has 0 saturated heterocycles. The van der Waals surface area contributed by atoms with Crippen LogP contribution in [-0.2, 0) is 16.6 Å². The first-order valence-electron chi connectivity index (χ1n) is 8.08. The molecular formula is C16H14F7N3O3S. The van der Waals surface area contributed by atoms with Crippen molar-refractivity contribution in [2.75, 3.05) is 12.0 Å². The summed E-state index contributed by atoms with van der Waals surface area (Å²) in [4.78, 5) is 11.0. The first kappa shape index (κ1) is 23.7. The van der Waals surface area contributed by atoms with Gasteiger partial charge in [0.25, 0.3) is 5.91 Å². The molecule has 1 unspecified atom stereocenters. The number of sulfonamides is 1. The van der Waals surface area contributed by atoms with Gasteiger partial charge in [0.05, 0.1) is 6.54 Å². The van der Waals surface area contributed by atoms with Crippen molar-refractivity contribution in [3.05, 3.63) is 47.5 Å². The fourth-order valence-electron chi connectivity index (χ4n) is 2.32. The number of benzene rings is 1. The second-order valence-corrected chi connectivity index (χ2v) is 7.69. The number of rotatable bonds is 7. The summed E-state index contributed by atoms with van der Waals surface area (Å²) in [6, 6.07) is -0.454. The topological polar surface area (TPSA) is 80.2 Å². The molecule has 0 spiro atoms. The summed E-state index contributed by atoms with van der Waals surface area (Å²) < 4.78 is 118. The van der Waals surface area contributed by atoms with Gasteiger partial charge in [-0.25, -0.2) is 26.0 Å². The third-order valence-electron chi connectivity index (χ3n) is 3.81. The zero-order chi connectivity index (χ0) is 22.9. The fourth-order valence-corrected chi connectivity index (χ4v) is 3.64. The highest BCUT2D eigenvalue weighted by molar-refractivity contribution is 7.89. The number of amides is 1. The van der Waals surface area contributed by atoms with Crippen molar-refractivity contribution in [2.45, 2.75) is 30.6 Å². The summed E-state index contributed by atoms with van der Waals surface area (Å²) in [5.41, 5.74) is -1.36. The quantitative estimate of drug-likeness (QED) is 0.621. The van der Waals surface area contributed by atoms with E-state index in [1.165, 1.54) is 4.72 Å². The third-order valence-corrected chi connectivity index (χ3v) is 5.34. The van der Waals surface area contributed by atoms with Gasteiger partial charge >= 0.3 is 6.18 Å². The fraction of sp³-hybridized carbons (Fsp3) is 0.312. The zero-order valence-corrected chi connectivity index (χ0v) is 15.8. The second-order valence-electron chi connectivity index (χ2n) is 6.01. The standard InChI is InChI=1S/C16H14F7N3O3S/c1-8(16(21,22)23)25-30(28,29)12-7-26(5-4-17)14(13(12)20)15(27)24-9-2-3-10(18)11(19)6-9/h2-3,6-8,25H,4-5H2,1H3,(H,24,27). The largest absolute Gasteiger partial charge is 0.404 e. The Morgan fingerprint density at radius 1 is 1.17 bits per heavy atom. The van der Waals surface area contributed by atoms with Gasteiger partial charge in [-0.05, 0) is 19.1 Å². The van der Waals surface area contributed by atoms with Crippen molar-refractivity contribution in [1.29, 1.82) is 0 Å². The van der Waals surface area contributed by atoms with Gasteiger partial charge in [0, 0.05) is 18.0 Å². The number of nitrogens with zero attached hydrogens (tertiary/aromatic N) is 1. The van der Waals surface area contributed by atoms with Gasteiger partial charge in [0.15, 0.2) is 17.5 Å². The van der Waals surface area contributed by atoms with Crippen LogP contribution in [0.5, 0.6) is 0 Å². The van der Waals surface area contributed by atoms with Crippen LogP contribution in [0.1, 0.15) is 17.4 Å². The van der Waals surface area contributed by atoms with Crippen molar-refractivity contribution >= 4 is 21.6 Å². The number of carbonyl (C=O) groups is 1. The predicted molar refractivity (Wildman–Crippen MR) is 90.5 cm³/mol. The Morgan fingerprint density at radius 3 is 2.33 bits per heavy atom. The molecule has 0 aliphatic heterocycles. The van der Waals surface area contributed by atoms with E-state index in [9.17, 15) is 43.9 Å². The SMILES string of the molecule is CC(NS(=O)(=O)c1cn(CCF)c(C(=O)Nc2ccc(F)c(F)c2)c1F)C(F)(F)F. The van der Waals surface area contributed by atoms with Crippen molar-refractivity contribution in [2.24, 2.45) is 0 Å². The average Bonchev–Trinajstić information content (AvgIpc) is 2.94. The van der Waals surface area contributed by atoms with E-state index < -0.39 is 69.4 Å². The summed E-state index contributed by atoms with van der Waals surface area (Å²) in [7, 11) is -5.09. The maximum atomic E-state index is 14.7. The van der Waals surface area contributed by atoms with E-state index in [1.807, 2.05) is 5.32 Å². The van der Waals surface area contributed by atoms with Gasteiger partial charge in [-0.3, -0.25) is 4.79 Å². The van der Waals surface area contributed by atoms with E-state index in [2.05, 4.69) is 0 Å². The molecule has 0 bridgehead atoms. The summed E-state index contributed by atoms with van der Waals surface area (Å²) >= 11 is 0. The summed E-state index contributed by atoms with van der Waals surface area (Å²) in [5.74, 6) is -5.69. The van der Waals surface area contributed by atoms with E-state index >= 15 is 0 Å². The smallest absolute Gasteiger partial charge is 0.337 e. The van der Waals surface area contributed by atoms with Crippen LogP contribution in [0.2, 0.25) is 0 Å². The van der Waals surface area contributed by atoms with Gasteiger partial charge < -0.3 is 9.88 Å². The molecule has 0 aliphatic carbocycles. The molecule has 1 atom stereocenters. The zero-order valence-electron chi connectivity index (χ0n) is 15.0. The van der Waals surface area contributed by atoms with Crippen molar-refractivity contribution < 1.29 is 43.9 Å². The maximum absolute atomic E-state index is 14.7. The van der Waals surface area contributed by atoms with Crippen LogP contribution in [0.4, 0.5) is 36.4 Å². The minimum Gasteiger partial charge on any atom is -0.337 e. The highest BCUT2D eigenvalue weighted by atomic mass is 32.2. The Bertz CT molecular complexity index is 1050. The Kier molecular flexibility index (Phi) is 6.81. The van der Waals surface area contributed by atoms with Crippen LogP contribution in [0, 0.1) is 17.5 Å². The summed E-state index contributed by atoms with van der Waals surface area (Å²) in [5, 5.41) is 1.97. The summed E-state index contributed by atoms with van der Waals surface area (Å²) in [6.45, 7) is -1.40. The van der Waals surface area contributed by atoms with E-state index in [4.69, 9.17) is 0 Å². The lowest BCUT2D eigenvalue weighted by Crippen LogP contribution is -2.43. The van der Waals surface area contributed by atoms with Gasteiger partial charge in [-0.15, -0.1) is 0 Å². The molecule has 0 radical (unpaired) electrons. The number of aromatic nitrogens is 1. The first-order valence-corrected chi connectivity index (χ1v) is 9.56. The molecule has 2 rings (SSSR count). The van der Waals surface area contributed by atoms with Gasteiger partial charge in [-0.1, -0.05) is 0 Å². The third kappa shape index (κ3) is 5.11. The molecule has 30 heavy (non-hydrogen) atoms. The number of anilines is 1. The lowest BCUT2D eigenvalue weighted by atomic mass is 10.3. The van der Waals surface area contributed by atoms with Crippen molar-refractivity contribution in [3.8, 4) is 0 Å². The Hall–Kier alpha value is -2.61. The molecule has 2 aromatic rings. The van der Waals surface area contributed by atoms with Gasteiger partial charge in [0.2, 0.25) is 10.0 Å². The lowest BCUT2D eigenvalue weighted by Gasteiger charge is -2.16. The van der Waals surface area contributed by atoms with Crippen LogP contribution in [-0.4, -0.2) is 37.8 Å². The number of aryl methyl sites for hydroxylation is 1. The van der Waals surface area contributed by atoms with E-state index in [-0.39, 0.29) is 5.69 Å². The van der Waals surface area contributed by atoms with Crippen LogP contribution >= 0.6 is 0 Å².